The molecule has 12 rings (SSSR count). The minimum absolute atomic E-state index is 0.0554. The number of carboxylic acids is 1. The molecule has 0 amide bonds. The van der Waals surface area contributed by atoms with Gasteiger partial charge in [0.25, 0.3) is 16.6 Å². The molecule has 0 radical (unpaired) electrons. The van der Waals surface area contributed by atoms with E-state index in [1.165, 1.54) is 29.1 Å². The van der Waals surface area contributed by atoms with Crippen LogP contribution in [0.25, 0.3) is 49.9 Å². The number of nitrogen functional groups attached to an aromatic ring is 2. The summed E-state index contributed by atoms with van der Waals surface area (Å²) in [6, 6.07) is 59.0. The number of carbonyl (C=O) groups excluding carboxylic acids is 2. The first-order valence-corrected chi connectivity index (χ1v) is 59.7. The number of alkyl halides is 1. The molecule has 622 valence electrons. The number of sulfonamides is 1. The van der Waals surface area contributed by atoms with Crippen molar-refractivity contribution in [3.63, 3.8) is 0 Å². The number of nitrogens with one attached hydrogen (secondary N) is 2. The van der Waals surface area contributed by atoms with Crippen LogP contribution in [-0.4, -0.2) is 106 Å². The van der Waals surface area contributed by atoms with Crippen LogP contribution in [-0.2, 0) is 25.1 Å². The van der Waals surface area contributed by atoms with Gasteiger partial charge in [0, 0.05) is 144 Å². The predicted octanol–water partition coefficient (Wildman–Crippen LogP) is 26.3. The fourth-order valence-corrected chi connectivity index (χ4v) is 10.4. The number of hydrogen-bond donors (Lipinski definition) is 5. The number of nitrogens with zero attached hydrogens (tertiary/aromatic N) is 10. The Morgan fingerprint density at radius 2 is 1.06 bits per heavy atom. The van der Waals surface area contributed by atoms with Crippen LogP contribution in [0, 0.1) is 24.8 Å². The van der Waals surface area contributed by atoms with Gasteiger partial charge < -0.3 is 38.0 Å². The Labute approximate surface area is 789 Å². The van der Waals surface area contributed by atoms with Crippen molar-refractivity contribution in [2.75, 3.05) is 42.4 Å². The summed E-state index contributed by atoms with van der Waals surface area (Å²) in [5, 5.41) is 36.0. The molecule has 0 aliphatic rings. The number of carboxylic acid groups (broad SMARTS) is 1. The van der Waals surface area contributed by atoms with Crippen molar-refractivity contribution in [2.24, 2.45) is 0 Å². The summed E-state index contributed by atoms with van der Waals surface area (Å²) in [4.78, 5) is 45.9. The van der Waals surface area contributed by atoms with Crippen molar-refractivity contribution < 1.29 is 37.6 Å². The minimum atomic E-state index is -3.78. The number of benzene rings is 7. The molecule has 21 nitrogen and oxygen atoms in total. The summed E-state index contributed by atoms with van der Waals surface area (Å²) < 4.78 is 37.2. The van der Waals surface area contributed by atoms with Gasteiger partial charge in [0.1, 0.15) is 17.5 Å². The van der Waals surface area contributed by atoms with Gasteiger partial charge in [0.05, 0.1) is 45.8 Å². The van der Waals surface area contributed by atoms with Gasteiger partial charge in [-0.15, -0.1) is 0 Å². The number of nitrogens with two attached hydrogens (primary N) is 2. The number of aromatic nitrogens is 8. The Morgan fingerprint density at radius 3 is 1.43 bits per heavy atom. The second kappa shape index (κ2) is 59.0. The van der Waals surface area contributed by atoms with Crippen LogP contribution in [0.4, 0.5) is 17.5 Å². The fourth-order valence-electron chi connectivity index (χ4n) is 8.62. The zero-order valence-electron chi connectivity index (χ0n) is 64.8. The molecule has 1 unspecified atom stereocenters. The van der Waals surface area contributed by atoms with E-state index in [1.54, 1.807) is 139 Å². The van der Waals surface area contributed by atoms with E-state index in [0.717, 1.165) is 67.7 Å². The molecular weight excluding hydrogens is 2350 g/mol. The quantitative estimate of drug-likeness (QED) is 0.0159. The van der Waals surface area contributed by atoms with Gasteiger partial charge in [-0.05, 0) is 177 Å². The van der Waals surface area contributed by atoms with Gasteiger partial charge in [0.2, 0.25) is 5.78 Å². The number of Topliss-reactive ketones (excluding diaryl/α,β-unsaturated/α-hetero) is 1. The Balaban J connectivity index is 0.000000467. The third-order valence-corrected chi connectivity index (χ3v) is 18.4. The van der Waals surface area contributed by atoms with Crippen molar-refractivity contribution in [1.82, 2.24) is 44.3 Å². The maximum absolute atomic E-state index is 12.9. The van der Waals surface area contributed by atoms with Gasteiger partial charge in [0.15, 0.2) is 11.3 Å². The van der Waals surface area contributed by atoms with Gasteiger partial charge in [-0.2, -0.15) is 36.0 Å². The number of ether oxygens (including phenoxy) is 1. The maximum atomic E-state index is 12.9. The molecule has 35 heteroatoms. The first kappa shape index (κ1) is 107. The van der Waals surface area contributed by atoms with Crippen LogP contribution in [0.3, 0.4) is 0 Å². The van der Waals surface area contributed by atoms with Crippen LogP contribution >= 0.6 is 189 Å². The summed E-state index contributed by atoms with van der Waals surface area (Å²) in [5.41, 5.74) is 20.1. The molecule has 7 N–H and O–H groups in total. The molecule has 5 aromatic heterocycles. The summed E-state index contributed by atoms with van der Waals surface area (Å²) in [6.45, 7) is 30.8. The number of anilines is 3. The zero-order chi connectivity index (χ0) is 87.8. The van der Waals surface area contributed by atoms with E-state index in [0.29, 0.717) is 71.6 Å². The molecule has 7 aromatic carbocycles. The molecule has 117 heavy (non-hydrogen) atoms. The average molecular weight is 2440 g/mol. The molecular formula is C82H86Cl6I6N14O7SV-. The topological polar surface area (TPSA) is 299 Å². The van der Waals surface area contributed by atoms with Gasteiger partial charge in [-0.1, -0.05) is 182 Å². The number of nitriles is 1. The Kier molecular flexibility index (Phi) is 54.1. The standard InChI is InChI=1S/C22H21ClN4O2S.C12H9ClN4.C9H8ClN3.C9H6ClNO.C9H9ClO2.C7H5ClO2.C7H12N2.C4H9I.C3H7.I2.3HI.V/c1-22(2,3)16-6-10-18(11-7-16)30(28,29)26-20-12-13-24-21-14-19(25-27(20)21)15-4-8-17(23)9-5-15;13-9-3-1-8(2-4-9)10-7-12-15-6-5-11(14)17(12)16-10;10-7-3-1-6(2-4-7)8-5-9(11)13-12-8;1-11-6-9(12)7-2-4-8(10)5-3-7;1-2-12-9(11)7-3-5-8(10)6-4-7;8-6-3-1-5(2-4-6)7(9)10;1-3-9(4-2)7-5-6-8;1-3-4(2)5;1-3-2;1-2;;;;/h4-14,26H,1-3H3;1-7H,14H2;1-5H,(H3,11,12,13);2-5H,6H2;3-6H,2H2,1H3;1-4H,(H,9,10);5,7H,3-4H2,1-2H3;4H,3H2,1-2H3;1,3H2,2H3;;3*1H;/q;;;;;;;;-1;;;;;+3/p-3/b;;;;;;7-5+;;;;;;;. The Hall–Kier alpha value is -5.83. The third kappa shape index (κ3) is 42.5. The number of ketones is 1. The average Bonchev–Trinajstić information content (AvgIpc) is 1.71. The number of aromatic amines is 1. The zero-order valence-corrected chi connectivity index (χ0v) is 84.5. The van der Waals surface area contributed by atoms with Crippen LogP contribution < -0.4 is 16.2 Å². The van der Waals surface area contributed by atoms with Crippen molar-refractivity contribution in [3.05, 3.63) is 296 Å². The number of hydrogen-bond acceptors (Lipinski definition) is 15. The van der Waals surface area contributed by atoms with Gasteiger partial charge in [-0.3, -0.25) is 14.6 Å². The molecule has 0 aliphatic heterocycles. The first-order valence-electron chi connectivity index (χ1n) is 34.9. The van der Waals surface area contributed by atoms with Gasteiger partial charge in [-0.25, -0.2) is 34.5 Å². The van der Waals surface area contributed by atoms with Crippen LogP contribution in [0.5, 0.6) is 0 Å². The number of halogens is 12. The van der Waals surface area contributed by atoms with E-state index in [4.69, 9.17) is 103 Å². The number of rotatable bonds is 15. The summed E-state index contributed by atoms with van der Waals surface area (Å²) >= 11 is 48.4. The number of carbonyl (C=O) groups is 3. The van der Waals surface area contributed by atoms with Crippen LogP contribution in [0.15, 0.2) is 230 Å². The number of aromatic carboxylic acids is 1. The molecule has 1 atom stereocenters. The van der Waals surface area contributed by atoms with E-state index >= 15 is 0 Å². The summed E-state index contributed by atoms with van der Waals surface area (Å²) in [5.74, 6) is -0.0484. The van der Waals surface area contributed by atoms with Crippen molar-refractivity contribution in [2.45, 2.75) is 89.4 Å². The van der Waals surface area contributed by atoms with Crippen molar-refractivity contribution in [1.29, 1.82) is 5.26 Å². The number of H-pyrrole nitrogens is 1. The summed E-state index contributed by atoms with van der Waals surface area (Å²) in [6.07, 6.45) is 8.80. The SMILES string of the molecule is CC(C)(C)c1ccc(S(=O)(=O)Nc2ccnc3cc(-c4ccc(Cl)cc4)nn23)cc1.CCC(C)I.CCN(/C=C/C#N)CC.CCOC(=O)c1ccc(Cl)cc1.II.Nc1cc(-c2ccc(Cl)cc2)[nH]n1.Nc1ccnc2cc(-c3ccc(Cl)cc3)nn12.O=C(O)c1ccc(Cl)cc1.[C-]#[N+]CC(=O)c1ccc(Cl)cc1.[CH2-]CC.[I][V]([I])[I]. The molecule has 0 fully saturated rings. The monoisotopic (exact) mass is 2430 g/mol. The molecule has 0 spiro atoms. The molecule has 0 saturated carbocycles. The Bertz CT molecular complexity index is 5160. The van der Waals surface area contributed by atoms with Crippen molar-refractivity contribution >= 4 is 246 Å². The van der Waals surface area contributed by atoms with E-state index in [2.05, 4.69) is 220 Å². The Morgan fingerprint density at radius 1 is 0.667 bits per heavy atom. The predicted molar refractivity (Wildman–Crippen MR) is 531 cm³/mol. The van der Waals surface area contributed by atoms with E-state index in [-0.39, 0.29) is 39.1 Å². The third-order valence-electron chi connectivity index (χ3n) is 14.6. The van der Waals surface area contributed by atoms with Crippen LogP contribution in [0.2, 0.25) is 30.1 Å². The first-order chi connectivity index (χ1) is 55.6. The number of allylic oxidation sites excluding steroid dienone is 1. The summed E-state index contributed by atoms with van der Waals surface area (Å²) in [7, 11) is -3.78. The van der Waals surface area contributed by atoms with E-state index in [9.17, 15) is 22.8 Å². The fraction of sp³-hybridized carbons (Fsp3) is 0.207. The number of esters is 1. The molecule has 0 aliphatic carbocycles. The molecule has 5 heterocycles. The van der Waals surface area contributed by atoms with E-state index < -0.39 is 16.0 Å². The van der Waals surface area contributed by atoms with Gasteiger partial charge >= 0.3 is 76.8 Å². The van der Waals surface area contributed by atoms with Crippen molar-refractivity contribution in [3.8, 4) is 39.8 Å². The molecule has 12 aromatic rings. The van der Waals surface area contributed by atoms with E-state index in [1.807, 2.05) is 91.9 Å². The van der Waals surface area contributed by atoms with Crippen LogP contribution in [0.1, 0.15) is 112 Å². The second-order valence-electron chi connectivity index (χ2n) is 24.2. The normalized spacial score (nSPS) is 10.4. The molecule has 0 bridgehead atoms. The number of fused-ring (bicyclic) bond motifs is 2. The molecule has 0 saturated heterocycles. The second-order valence-corrected chi connectivity index (χ2v) is 66.0.